The van der Waals surface area contributed by atoms with Crippen LogP contribution in [0.3, 0.4) is 0 Å². The van der Waals surface area contributed by atoms with Gasteiger partial charge in [0.05, 0.1) is 27.7 Å². The Labute approximate surface area is 363 Å². The summed E-state index contributed by atoms with van der Waals surface area (Å²) in [5, 5.41) is 0. The molecular weight excluding hydrogens is 762 g/mol. The SMILES string of the molecule is CCCCCCCCC/C=C/C/C=C/C/C=C/C/C=C/CCCC(=O)O[C@H](COC(=O)CCCCCCCCCCCCCCCC)COP(=O)(O)OCC[N+](C)(C)C. The summed E-state index contributed by atoms with van der Waals surface area (Å²) in [5.41, 5.74) is 0. The van der Waals surface area contributed by atoms with E-state index in [1.54, 1.807) is 0 Å². The lowest BCUT2D eigenvalue weighted by Gasteiger charge is -2.24. The smallest absolute Gasteiger partial charge is 0.462 e. The first-order valence-electron chi connectivity index (χ1n) is 23.9. The summed E-state index contributed by atoms with van der Waals surface area (Å²) >= 11 is 0. The first kappa shape index (κ1) is 57.0. The van der Waals surface area contributed by atoms with E-state index in [2.05, 4.69) is 62.5 Å². The Kier molecular flexibility index (Phi) is 39.9. The molecule has 0 aromatic carbocycles. The quantitative estimate of drug-likeness (QED) is 0.0212. The van der Waals surface area contributed by atoms with Crippen LogP contribution < -0.4 is 0 Å². The number of quaternary nitrogens is 1. The molecule has 0 aliphatic heterocycles. The minimum absolute atomic E-state index is 0.0214. The summed E-state index contributed by atoms with van der Waals surface area (Å²) < 4.78 is 34.3. The molecule has 1 N–H and O–H groups in total. The van der Waals surface area contributed by atoms with Gasteiger partial charge >= 0.3 is 19.8 Å². The molecule has 2 atom stereocenters. The Balaban J connectivity index is 4.40. The van der Waals surface area contributed by atoms with Crippen molar-refractivity contribution in [3.63, 3.8) is 0 Å². The van der Waals surface area contributed by atoms with Crippen LogP contribution in [0.4, 0.5) is 0 Å². The molecule has 10 heteroatoms. The summed E-state index contributed by atoms with van der Waals surface area (Å²) in [6.45, 7) is 4.37. The maximum Gasteiger partial charge on any atom is 0.472 e. The third-order valence-corrected chi connectivity index (χ3v) is 11.1. The van der Waals surface area contributed by atoms with E-state index < -0.39 is 26.5 Å². The van der Waals surface area contributed by atoms with Crippen molar-refractivity contribution in [3.8, 4) is 0 Å². The Hall–Kier alpha value is -2.03. The van der Waals surface area contributed by atoms with Crippen LogP contribution in [-0.4, -0.2) is 74.9 Å². The molecule has 0 spiro atoms. The Morgan fingerprint density at radius 2 is 0.932 bits per heavy atom. The van der Waals surface area contributed by atoms with Gasteiger partial charge in [0.15, 0.2) is 6.10 Å². The first-order valence-corrected chi connectivity index (χ1v) is 25.4. The van der Waals surface area contributed by atoms with Gasteiger partial charge in [-0.25, -0.2) is 4.57 Å². The van der Waals surface area contributed by atoms with Crippen LogP contribution in [0.5, 0.6) is 0 Å². The van der Waals surface area contributed by atoms with Gasteiger partial charge in [0.1, 0.15) is 19.8 Å². The van der Waals surface area contributed by atoms with E-state index in [1.165, 1.54) is 122 Å². The predicted molar refractivity (Wildman–Crippen MR) is 247 cm³/mol. The number of carbonyl (C=O) groups excluding carboxylic acids is 2. The summed E-state index contributed by atoms with van der Waals surface area (Å²) in [7, 11) is 1.44. The molecule has 0 rings (SSSR count). The monoisotopic (exact) mass is 853 g/mol. The molecule has 0 radical (unpaired) electrons. The summed E-state index contributed by atoms with van der Waals surface area (Å²) in [6.07, 6.45) is 48.8. The summed E-state index contributed by atoms with van der Waals surface area (Å²) in [4.78, 5) is 35.4. The number of esters is 2. The molecule has 0 saturated heterocycles. The van der Waals surface area contributed by atoms with Crippen LogP contribution in [0.1, 0.15) is 200 Å². The lowest BCUT2D eigenvalue weighted by Crippen LogP contribution is -2.37. The van der Waals surface area contributed by atoms with Gasteiger partial charge in [0.25, 0.3) is 0 Å². The van der Waals surface area contributed by atoms with Gasteiger partial charge in [0.2, 0.25) is 0 Å². The molecule has 0 saturated carbocycles. The number of phosphoric ester groups is 1. The van der Waals surface area contributed by atoms with Crippen LogP contribution in [0, 0.1) is 0 Å². The van der Waals surface area contributed by atoms with Gasteiger partial charge < -0.3 is 18.9 Å². The average molecular weight is 853 g/mol. The fraction of sp³-hybridized carbons (Fsp3) is 0.796. The third-order valence-electron chi connectivity index (χ3n) is 10.1. The van der Waals surface area contributed by atoms with Gasteiger partial charge in [0, 0.05) is 12.8 Å². The van der Waals surface area contributed by atoms with Gasteiger partial charge in [-0.3, -0.25) is 18.6 Å². The second-order valence-corrected chi connectivity index (χ2v) is 18.6. The molecule has 0 amide bonds. The Morgan fingerprint density at radius 1 is 0.525 bits per heavy atom. The number of nitrogens with zero attached hydrogens (tertiary/aromatic N) is 1. The molecule has 344 valence electrons. The number of phosphoric acid groups is 1. The summed E-state index contributed by atoms with van der Waals surface area (Å²) in [5.74, 6) is -0.860. The van der Waals surface area contributed by atoms with Crippen molar-refractivity contribution in [3.05, 3.63) is 48.6 Å². The van der Waals surface area contributed by atoms with E-state index >= 15 is 0 Å². The molecule has 59 heavy (non-hydrogen) atoms. The number of likely N-dealkylation sites (N-methyl/N-ethyl adjacent to an activating group) is 1. The maximum atomic E-state index is 12.7. The standard InChI is InChI=1S/C49H90NO8P/c1-6-8-10-12-14-16-18-20-22-23-24-25-26-27-28-30-32-34-36-38-40-42-49(52)58-47(46-57-59(53,54)56-44-43-50(3,4)5)45-55-48(51)41-39-37-35-33-31-29-21-19-17-15-13-11-9-7-2/h22-23,25-26,28,30,34,36,47H,6-21,24,27,29,31-33,35,37-46H2,1-5H3/p+1/b23-22+,26-25+,30-28+,36-34+/t47-/m1/s1. The van der Waals surface area contributed by atoms with E-state index in [0.29, 0.717) is 17.4 Å². The number of hydrogen-bond acceptors (Lipinski definition) is 7. The van der Waals surface area contributed by atoms with Gasteiger partial charge in [-0.15, -0.1) is 0 Å². The van der Waals surface area contributed by atoms with E-state index in [-0.39, 0.29) is 32.0 Å². The molecule has 0 aliphatic rings. The van der Waals surface area contributed by atoms with Gasteiger partial charge in [-0.2, -0.15) is 0 Å². The molecular formula is C49H91NO8P+. The van der Waals surface area contributed by atoms with Crippen molar-refractivity contribution < 1.29 is 42.1 Å². The highest BCUT2D eigenvalue weighted by molar-refractivity contribution is 7.47. The van der Waals surface area contributed by atoms with Crippen molar-refractivity contribution in [2.45, 2.75) is 206 Å². The van der Waals surface area contributed by atoms with Gasteiger partial charge in [-0.1, -0.05) is 184 Å². The lowest BCUT2D eigenvalue weighted by atomic mass is 10.0. The normalized spacial score (nSPS) is 13.9. The highest BCUT2D eigenvalue weighted by Gasteiger charge is 2.27. The van der Waals surface area contributed by atoms with Crippen LogP contribution in [0.2, 0.25) is 0 Å². The molecule has 0 bridgehead atoms. The van der Waals surface area contributed by atoms with Crippen LogP contribution in [-0.2, 0) is 32.7 Å². The number of ether oxygens (including phenoxy) is 2. The van der Waals surface area contributed by atoms with E-state index in [0.717, 1.165) is 44.9 Å². The van der Waals surface area contributed by atoms with Crippen molar-refractivity contribution in [1.82, 2.24) is 0 Å². The minimum atomic E-state index is -4.39. The van der Waals surface area contributed by atoms with Crippen molar-refractivity contribution >= 4 is 19.8 Å². The maximum absolute atomic E-state index is 12.7. The predicted octanol–water partition coefficient (Wildman–Crippen LogP) is 13.9. The van der Waals surface area contributed by atoms with Gasteiger partial charge in [-0.05, 0) is 51.4 Å². The molecule has 9 nitrogen and oxygen atoms in total. The molecule has 0 heterocycles. The minimum Gasteiger partial charge on any atom is -0.462 e. The second kappa shape index (κ2) is 41.3. The van der Waals surface area contributed by atoms with E-state index in [4.69, 9.17) is 18.5 Å². The number of allylic oxidation sites excluding steroid dienone is 8. The first-order chi connectivity index (χ1) is 28.5. The number of hydrogen-bond donors (Lipinski definition) is 1. The van der Waals surface area contributed by atoms with Crippen molar-refractivity contribution in [2.75, 3.05) is 47.5 Å². The number of rotatable bonds is 43. The molecule has 1 unspecified atom stereocenters. The summed E-state index contributed by atoms with van der Waals surface area (Å²) in [6, 6.07) is 0. The highest BCUT2D eigenvalue weighted by atomic mass is 31.2. The zero-order valence-corrected chi connectivity index (χ0v) is 39.6. The zero-order chi connectivity index (χ0) is 43.6. The Bertz CT molecular complexity index is 1150. The molecule has 0 aromatic heterocycles. The van der Waals surface area contributed by atoms with E-state index in [1.807, 2.05) is 21.1 Å². The van der Waals surface area contributed by atoms with E-state index in [9.17, 15) is 19.0 Å². The second-order valence-electron chi connectivity index (χ2n) is 17.1. The molecule has 0 aromatic rings. The zero-order valence-electron chi connectivity index (χ0n) is 38.7. The highest BCUT2D eigenvalue weighted by Crippen LogP contribution is 2.43. The van der Waals surface area contributed by atoms with Crippen LogP contribution in [0.25, 0.3) is 0 Å². The van der Waals surface area contributed by atoms with Crippen molar-refractivity contribution in [2.24, 2.45) is 0 Å². The average Bonchev–Trinajstić information content (AvgIpc) is 3.19. The number of carbonyl (C=O) groups is 2. The third kappa shape index (κ3) is 45.3. The fourth-order valence-electron chi connectivity index (χ4n) is 6.36. The molecule has 0 aliphatic carbocycles. The fourth-order valence-corrected chi connectivity index (χ4v) is 7.10. The van der Waals surface area contributed by atoms with Crippen molar-refractivity contribution in [1.29, 1.82) is 0 Å². The Morgan fingerprint density at radius 3 is 1.41 bits per heavy atom. The number of unbranched alkanes of at least 4 members (excludes halogenated alkanes) is 21. The lowest BCUT2D eigenvalue weighted by molar-refractivity contribution is -0.870. The molecule has 0 fully saturated rings. The largest absolute Gasteiger partial charge is 0.472 e. The van der Waals surface area contributed by atoms with Crippen LogP contribution in [0.15, 0.2) is 48.6 Å². The topological polar surface area (TPSA) is 108 Å². The van der Waals surface area contributed by atoms with Crippen LogP contribution >= 0.6 is 7.82 Å².